The third-order valence-electron chi connectivity index (χ3n) is 0. The Labute approximate surface area is 62.1 Å². The molecule has 0 nitrogen and oxygen atoms in total. The van der Waals surface area contributed by atoms with Gasteiger partial charge < -0.3 is 0 Å². The summed E-state index contributed by atoms with van der Waals surface area (Å²) in [4.78, 5) is 0. The molecule has 0 saturated heterocycles. The van der Waals surface area contributed by atoms with Gasteiger partial charge in [0.05, 0.1) is 0 Å². The van der Waals surface area contributed by atoms with E-state index >= 15 is 0 Å². The molecule has 0 aromatic heterocycles. The molecule has 34 valence electrons. The number of hydrogen-bond donors (Lipinski definition) is 0. The van der Waals surface area contributed by atoms with E-state index in [9.17, 15) is 0 Å². The third-order valence-corrected chi connectivity index (χ3v) is 0. The van der Waals surface area contributed by atoms with Crippen LogP contribution in [-0.2, 0) is 0 Å². The standard InChI is InChI=1S/3ClH.H2S.Sn/h3*1H;1H2;/q;;;;+2/p-2. The van der Waals surface area contributed by atoms with Gasteiger partial charge >= 0.3 is 36.7 Å². The fraction of sp³-hybridized carbons (Fsp3) is 0. The van der Waals surface area contributed by atoms with E-state index in [1.165, 1.54) is 0 Å². The zero-order chi connectivity index (χ0) is 2.71. The minimum atomic E-state index is -0.826. The first kappa shape index (κ1) is 15.7. The molecule has 0 aromatic carbocycles. The maximum atomic E-state index is 4.93. The Kier molecular flexibility index (Phi) is 52.4. The van der Waals surface area contributed by atoms with Crippen LogP contribution in [0.5, 0.6) is 0 Å². The van der Waals surface area contributed by atoms with Crippen LogP contribution in [0.4, 0.5) is 0 Å². The van der Waals surface area contributed by atoms with Crippen molar-refractivity contribution in [1.29, 1.82) is 0 Å². The summed E-state index contributed by atoms with van der Waals surface area (Å²) in [7, 11) is 9.87. The van der Waals surface area contributed by atoms with Gasteiger partial charge in [0.1, 0.15) is 0 Å². The van der Waals surface area contributed by atoms with Crippen LogP contribution in [-0.4, -0.2) is 18.9 Å². The second-order valence-corrected chi connectivity index (χ2v) is 4.31. The quantitative estimate of drug-likeness (QED) is 0.579. The average Bonchev–Trinajstić information content (AvgIpc) is 0.918. The zero-order valence-electron chi connectivity index (χ0n) is 2.16. The molecule has 0 aromatic rings. The van der Waals surface area contributed by atoms with Crippen LogP contribution in [0, 0.1) is 0 Å². The SMILES string of the molecule is Cl.S.[Cl][Sn][Cl]. The number of rotatable bonds is 0. The molecule has 0 heterocycles. The van der Waals surface area contributed by atoms with Gasteiger partial charge in [-0.3, -0.25) is 0 Å². The monoisotopic (exact) mass is 260 g/mol. The molecule has 0 bridgehead atoms. The van der Waals surface area contributed by atoms with Crippen molar-refractivity contribution in [3.63, 3.8) is 0 Å². The number of halogens is 3. The van der Waals surface area contributed by atoms with E-state index < -0.39 is 18.9 Å². The summed E-state index contributed by atoms with van der Waals surface area (Å²) < 4.78 is 0. The molecule has 2 radical (unpaired) electrons. The van der Waals surface area contributed by atoms with E-state index in [2.05, 4.69) is 0 Å². The third kappa shape index (κ3) is 23.9. The van der Waals surface area contributed by atoms with Gasteiger partial charge in [0.15, 0.2) is 0 Å². The van der Waals surface area contributed by atoms with Crippen molar-refractivity contribution in [2.75, 3.05) is 0 Å². The van der Waals surface area contributed by atoms with Crippen molar-refractivity contribution < 1.29 is 0 Å². The normalized spacial score (nSPS) is 3.60. The van der Waals surface area contributed by atoms with Crippen LogP contribution in [0.3, 0.4) is 0 Å². The summed E-state index contributed by atoms with van der Waals surface area (Å²) in [6.07, 6.45) is 0. The molecule has 0 aliphatic carbocycles. The molecular formula is H3Cl3SSn. The zero-order valence-corrected chi connectivity index (χ0v) is 8.35. The average molecular weight is 260 g/mol. The van der Waals surface area contributed by atoms with Crippen LogP contribution in [0.15, 0.2) is 0 Å². The molecule has 0 fully saturated rings. The summed E-state index contributed by atoms with van der Waals surface area (Å²) >= 11 is -0.826. The Hall–Kier alpha value is 2.02. The van der Waals surface area contributed by atoms with Crippen molar-refractivity contribution in [2.45, 2.75) is 0 Å². The first-order chi connectivity index (χ1) is 1.41. The molecular weight excluding hydrogens is 257 g/mol. The van der Waals surface area contributed by atoms with Crippen LogP contribution < -0.4 is 0 Å². The first-order valence-corrected chi connectivity index (χ1v) is 7.61. The Morgan fingerprint density at radius 2 is 1.20 bits per heavy atom. The van der Waals surface area contributed by atoms with E-state index in [-0.39, 0.29) is 25.9 Å². The molecule has 5 heteroatoms. The van der Waals surface area contributed by atoms with E-state index in [4.69, 9.17) is 17.8 Å². The predicted molar refractivity (Wildman–Crippen MR) is 35.1 cm³/mol. The van der Waals surface area contributed by atoms with Crippen molar-refractivity contribution >= 4 is 62.6 Å². The molecule has 0 saturated carbocycles. The summed E-state index contributed by atoms with van der Waals surface area (Å²) in [6.45, 7) is 0. The van der Waals surface area contributed by atoms with Crippen molar-refractivity contribution in [2.24, 2.45) is 0 Å². The molecule has 0 unspecified atom stereocenters. The summed E-state index contributed by atoms with van der Waals surface area (Å²) in [5.41, 5.74) is 0. The Morgan fingerprint density at radius 3 is 1.20 bits per heavy atom. The minimum absolute atomic E-state index is 0. The van der Waals surface area contributed by atoms with E-state index in [0.717, 1.165) is 0 Å². The first-order valence-electron chi connectivity index (χ1n) is 0.378. The van der Waals surface area contributed by atoms with E-state index in [0.29, 0.717) is 0 Å². The maximum absolute atomic E-state index is 4.93. The molecule has 0 atom stereocenters. The molecule has 0 amide bonds. The fourth-order valence-electron chi connectivity index (χ4n) is 0. The molecule has 5 heavy (non-hydrogen) atoms. The molecule has 0 spiro atoms. The van der Waals surface area contributed by atoms with Gasteiger partial charge in [-0.05, 0) is 0 Å². The summed E-state index contributed by atoms with van der Waals surface area (Å²) in [6, 6.07) is 0. The molecule has 0 aliphatic rings. The molecule has 0 N–H and O–H groups in total. The second kappa shape index (κ2) is 16.6. The Bertz CT molecular complexity index is 6.85. The molecule has 0 aliphatic heterocycles. The van der Waals surface area contributed by atoms with Gasteiger partial charge in [0.25, 0.3) is 0 Å². The van der Waals surface area contributed by atoms with E-state index in [1.807, 2.05) is 0 Å². The van der Waals surface area contributed by atoms with Gasteiger partial charge in [-0.2, -0.15) is 13.5 Å². The fourth-order valence-corrected chi connectivity index (χ4v) is 0. The van der Waals surface area contributed by atoms with Gasteiger partial charge in [-0.15, -0.1) is 12.4 Å². The Balaban J connectivity index is -0.0000000200. The number of hydrogen-bond acceptors (Lipinski definition) is 0. The van der Waals surface area contributed by atoms with Crippen LogP contribution in [0.25, 0.3) is 0 Å². The van der Waals surface area contributed by atoms with Crippen molar-refractivity contribution in [3.05, 3.63) is 0 Å². The van der Waals surface area contributed by atoms with E-state index in [1.54, 1.807) is 0 Å². The summed E-state index contributed by atoms with van der Waals surface area (Å²) in [5.74, 6) is 0. The van der Waals surface area contributed by atoms with Crippen molar-refractivity contribution in [1.82, 2.24) is 0 Å². The van der Waals surface area contributed by atoms with Gasteiger partial charge in [-0.25, -0.2) is 0 Å². The second-order valence-electron chi connectivity index (χ2n) is 0.0714. The topological polar surface area (TPSA) is 0 Å². The predicted octanol–water partition coefficient (Wildman–Crippen LogP) is 1.53. The van der Waals surface area contributed by atoms with Crippen LogP contribution in [0.2, 0.25) is 0 Å². The van der Waals surface area contributed by atoms with Crippen LogP contribution >= 0.6 is 43.7 Å². The van der Waals surface area contributed by atoms with Gasteiger partial charge in [-0.1, -0.05) is 0 Å². The van der Waals surface area contributed by atoms with Gasteiger partial charge in [0.2, 0.25) is 0 Å². The van der Waals surface area contributed by atoms with Crippen LogP contribution in [0.1, 0.15) is 0 Å². The van der Waals surface area contributed by atoms with Crippen molar-refractivity contribution in [3.8, 4) is 0 Å². The van der Waals surface area contributed by atoms with Gasteiger partial charge in [0, 0.05) is 0 Å². The summed E-state index contributed by atoms with van der Waals surface area (Å²) in [5, 5.41) is 0. The Morgan fingerprint density at radius 1 is 1.20 bits per heavy atom. The molecule has 0 rings (SSSR count).